The van der Waals surface area contributed by atoms with Gasteiger partial charge in [0, 0.05) is 37.2 Å². The van der Waals surface area contributed by atoms with Gasteiger partial charge in [-0.25, -0.2) is 19.2 Å². The van der Waals surface area contributed by atoms with Crippen molar-refractivity contribution < 1.29 is 23.4 Å². The van der Waals surface area contributed by atoms with Crippen LogP contribution in [0.3, 0.4) is 0 Å². The van der Waals surface area contributed by atoms with Crippen LogP contribution in [-0.4, -0.2) is 60.4 Å². The molecule has 0 aliphatic carbocycles. The van der Waals surface area contributed by atoms with Crippen LogP contribution in [0, 0.1) is 5.82 Å². The lowest BCUT2D eigenvalue weighted by atomic mass is 10.0. The summed E-state index contributed by atoms with van der Waals surface area (Å²) in [5.74, 6) is 0.100. The van der Waals surface area contributed by atoms with E-state index in [2.05, 4.69) is 15.3 Å². The summed E-state index contributed by atoms with van der Waals surface area (Å²) in [5, 5.41) is 4.23. The van der Waals surface area contributed by atoms with Gasteiger partial charge in [-0.3, -0.25) is 0 Å². The van der Waals surface area contributed by atoms with E-state index in [0.29, 0.717) is 48.8 Å². The molecule has 0 bridgehead atoms. The molecule has 38 heavy (non-hydrogen) atoms. The first-order chi connectivity index (χ1) is 18.5. The van der Waals surface area contributed by atoms with E-state index >= 15 is 0 Å². The zero-order chi connectivity index (χ0) is 26.5. The molecule has 1 N–H and O–H groups in total. The van der Waals surface area contributed by atoms with Crippen molar-refractivity contribution in [3.8, 4) is 17.0 Å². The molecule has 0 radical (unpaired) electrons. The molecule has 1 aromatic heterocycles. The van der Waals surface area contributed by atoms with Crippen molar-refractivity contribution in [2.75, 3.05) is 38.7 Å². The number of amides is 1. The highest BCUT2D eigenvalue weighted by Gasteiger charge is 2.32. The van der Waals surface area contributed by atoms with Crippen molar-refractivity contribution in [2.24, 2.45) is 0 Å². The first-order valence-corrected chi connectivity index (χ1v) is 12.5. The van der Waals surface area contributed by atoms with E-state index < -0.39 is 5.82 Å². The fourth-order valence-electron chi connectivity index (χ4n) is 4.17. The number of methoxy groups -OCH3 is 1. The number of carbonyl (C=O) groups is 1. The second-order valence-corrected chi connectivity index (χ2v) is 9.25. The highest BCUT2D eigenvalue weighted by molar-refractivity contribution is 6.31. The number of likely N-dealkylation sites (tertiary alicyclic amines) is 1. The molecule has 1 aliphatic rings. The van der Waals surface area contributed by atoms with Crippen molar-refractivity contribution in [1.29, 1.82) is 0 Å². The van der Waals surface area contributed by atoms with Crippen molar-refractivity contribution >= 4 is 34.3 Å². The lowest BCUT2D eigenvalue weighted by Crippen LogP contribution is -2.57. The van der Waals surface area contributed by atoms with Crippen molar-refractivity contribution in [1.82, 2.24) is 14.9 Å². The van der Waals surface area contributed by atoms with Crippen LogP contribution in [0.15, 0.2) is 67.0 Å². The van der Waals surface area contributed by atoms with E-state index in [-0.39, 0.29) is 23.8 Å². The molecule has 0 unspecified atom stereocenters. The fourth-order valence-corrected chi connectivity index (χ4v) is 4.35. The maximum absolute atomic E-state index is 13.8. The summed E-state index contributed by atoms with van der Waals surface area (Å²) in [7, 11) is 1.61. The van der Waals surface area contributed by atoms with E-state index in [9.17, 15) is 9.18 Å². The molecule has 0 spiro atoms. The Kier molecular flexibility index (Phi) is 7.86. The maximum Gasteiger partial charge on any atom is 0.410 e. The Morgan fingerprint density at radius 3 is 2.68 bits per heavy atom. The topological polar surface area (TPSA) is 85.8 Å². The highest BCUT2D eigenvalue weighted by Crippen LogP contribution is 2.36. The van der Waals surface area contributed by atoms with Gasteiger partial charge in [0.05, 0.1) is 34.6 Å². The van der Waals surface area contributed by atoms with Crippen LogP contribution >= 0.6 is 11.6 Å². The number of hydrogen-bond donors (Lipinski definition) is 1. The number of ether oxygens (including phenoxy) is 3. The van der Waals surface area contributed by atoms with Gasteiger partial charge < -0.3 is 24.4 Å². The lowest BCUT2D eigenvalue weighted by molar-refractivity contribution is 0.0705. The van der Waals surface area contributed by atoms with Crippen LogP contribution in [0.25, 0.3) is 22.2 Å². The van der Waals surface area contributed by atoms with Gasteiger partial charge in [-0.05, 0) is 29.8 Å². The molecule has 1 saturated heterocycles. The van der Waals surface area contributed by atoms with Crippen LogP contribution in [-0.2, 0) is 16.1 Å². The molecule has 1 aliphatic heterocycles. The number of nitrogens with one attached hydrogen (secondary N) is 1. The molecule has 0 atom stereocenters. The van der Waals surface area contributed by atoms with Crippen LogP contribution < -0.4 is 10.1 Å². The number of rotatable bonds is 9. The smallest absolute Gasteiger partial charge is 0.410 e. The van der Waals surface area contributed by atoms with E-state index in [1.165, 1.54) is 12.4 Å². The minimum absolute atomic E-state index is 0.00477. The van der Waals surface area contributed by atoms with Gasteiger partial charge in [0.25, 0.3) is 0 Å². The van der Waals surface area contributed by atoms with Crippen molar-refractivity contribution in [3.05, 3.63) is 83.4 Å². The Balaban J connectivity index is 1.34. The standard InChI is InChI=1S/C28H26ClFN4O4/c1-36-9-10-37-26-13-24-21(27(32-17-31-24)19-7-8-23(30)22(29)11-19)12-25(26)33-20-14-34(15-20)28(35)38-16-18-5-3-2-4-6-18/h2-8,11-13,17,20,33H,9-10,14-16H2,1H3. The fraction of sp³-hybridized carbons (Fsp3) is 0.250. The number of halogens is 2. The van der Waals surface area contributed by atoms with Gasteiger partial charge in [-0.1, -0.05) is 41.9 Å². The molecule has 3 aromatic carbocycles. The summed E-state index contributed by atoms with van der Waals surface area (Å²) in [5.41, 5.74) is 3.60. The van der Waals surface area contributed by atoms with Gasteiger partial charge in [-0.2, -0.15) is 0 Å². The van der Waals surface area contributed by atoms with Crippen LogP contribution in [0.1, 0.15) is 5.56 Å². The third-order valence-electron chi connectivity index (χ3n) is 6.18. The molecule has 0 saturated carbocycles. The molecule has 10 heteroatoms. The summed E-state index contributed by atoms with van der Waals surface area (Å²) in [6, 6.07) is 17.8. The average Bonchev–Trinajstić information content (AvgIpc) is 2.91. The molecule has 5 rings (SSSR count). The number of hydrogen-bond acceptors (Lipinski definition) is 7. The van der Waals surface area contributed by atoms with Crippen molar-refractivity contribution in [3.63, 3.8) is 0 Å². The molecule has 8 nitrogen and oxygen atoms in total. The minimum atomic E-state index is -0.498. The normalized spacial score (nSPS) is 13.3. The number of carbonyl (C=O) groups excluding carboxylic acids is 1. The average molecular weight is 537 g/mol. The molecule has 2 heterocycles. The van der Waals surface area contributed by atoms with Gasteiger partial charge >= 0.3 is 6.09 Å². The minimum Gasteiger partial charge on any atom is -0.489 e. The summed E-state index contributed by atoms with van der Waals surface area (Å²) < 4.78 is 30.3. The quantitative estimate of drug-likeness (QED) is 0.281. The summed E-state index contributed by atoms with van der Waals surface area (Å²) in [6.07, 6.45) is 1.09. The van der Waals surface area contributed by atoms with E-state index in [0.717, 1.165) is 16.6 Å². The van der Waals surface area contributed by atoms with Crippen LogP contribution in [0.5, 0.6) is 5.75 Å². The molecule has 4 aromatic rings. The SMILES string of the molecule is COCCOc1cc2ncnc(-c3ccc(F)c(Cl)c3)c2cc1NC1CN(C(=O)OCc2ccccc2)C1. The number of benzene rings is 3. The van der Waals surface area contributed by atoms with Gasteiger partial charge in [0.15, 0.2) is 0 Å². The van der Waals surface area contributed by atoms with Crippen molar-refractivity contribution in [2.45, 2.75) is 12.6 Å². The Morgan fingerprint density at radius 2 is 1.92 bits per heavy atom. The van der Waals surface area contributed by atoms with Crippen LogP contribution in [0.2, 0.25) is 5.02 Å². The maximum atomic E-state index is 13.8. The zero-order valence-electron chi connectivity index (χ0n) is 20.7. The molecular weight excluding hydrogens is 511 g/mol. The predicted octanol–water partition coefficient (Wildman–Crippen LogP) is 5.55. The Labute approximate surface area is 224 Å². The number of fused-ring (bicyclic) bond motifs is 1. The zero-order valence-corrected chi connectivity index (χ0v) is 21.5. The van der Waals surface area contributed by atoms with Crippen LogP contribution in [0.4, 0.5) is 14.9 Å². The first-order valence-electron chi connectivity index (χ1n) is 12.1. The highest BCUT2D eigenvalue weighted by atomic mass is 35.5. The monoisotopic (exact) mass is 536 g/mol. The first kappa shape index (κ1) is 25.7. The van der Waals surface area contributed by atoms with Gasteiger partial charge in [0.2, 0.25) is 0 Å². The summed E-state index contributed by atoms with van der Waals surface area (Å²) in [4.78, 5) is 22.9. The predicted molar refractivity (Wildman–Crippen MR) is 143 cm³/mol. The second-order valence-electron chi connectivity index (χ2n) is 8.84. The molecular formula is C28H26ClFN4O4. The van der Waals surface area contributed by atoms with E-state index in [1.807, 2.05) is 42.5 Å². The Morgan fingerprint density at radius 1 is 1.11 bits per heavy atom. The largest absolute Gasteiger partial charge is 0.489 e. The Bertz CT molecular complexity index is 1430. The lowest BCUT2D eigenvalue weighted by Gasteiger charge is -2.39. The number of nitrogens with zero attached hydrogens (tertiary/aromatic N) is 3. The Hall–Kier alpha value is -3.95. The third kappa shape index (κ3) is 5.79. The molecule has 196 valence electrons. The van der Waals surface area contributed by atoms with E-state index in [1.54, 1.807) is 24.1 Å². The number of anilines is 1. The van der Waals surface area contributed by atoms with Gasteiger partial charge in [-0.15, -0.1) is 0 Å². The molecule has 1 fully saturated rings. The summed E-state index contributed by atoms with van der Waals surface area (Å²) >= 11 is 6.03. The summed E-state index contributed by atoms with van der Waals surface area (Å²) in [6.45, 7) is 1.96. The third-order valence-corrected chi connectivity index (χ3v) is 6.47. The second kappa shape index (κ2) is 11.6. The van der Waals surface area contributed by atoms with Gasteiger partial charge in [0.1, 0.15) is 31.1 Å². The number of aromatic nitrogens is 2. The molecule has 1 amide bonds. The van der Waals surface area contributed by atoms with E-state index in [4.69, 9.17) is 25.8 Å².